The SMILES string of the molecule is ClC(Cl)(Cl)n1ccc(-c2cccc3ccccc23)n1. The zero-order valence-corrected chi connectivity index (χ0v) is 12.0. The van der Waals surface area contributed by atoms with Crippen LogP contribution in [-0.4, -0.2) is 9.78 Å². The summed E-state index contributed by atoms with van der Waals surface area (Å²) < 4.78 is -0.252. The Morgan fingerprint density at radius 2 is 1.63 bits per heavy atom. The highest BCUT2D eigenvalue weighted by atomic mass is 35.6. The highest BCUT2D eigenvalue weighted by Crippen LogP contribution is 2.33. The van der Waals surface area contributed by atoms with Crippen molar-refractivity contribution < 1.29 is 0 Å². The van der Waals surface area contributed by atoms with Crippen LogP contribution >= 0.6 is 34.8 Å². The first-order valence-corrected chi connectivity index (χ1v) is 6.80. The topological polar surface area (TPSA) is 17.8 Å². The molecule has 0 bridgehead atoms. The van der Waals surface area contributed by atoms with Gasteiger partial charge < -0.3 is 0 Å². The number of rotatable bonds is 1. The number of halogens is 3. The van der Waals surface area contributed by atoms with E-state index in [1.54, 1.807) is 6.20 Å². The van der Waals surface area contributed by atoms with Gasteiger partial charge in [0, 0.05) is 11.8 Å². The van der Waals surface area contributed by atoms with Crippen molar-refractivity contribution in [2.75, 3.05) is 0 Å². The smallest absolute Gasteiger partial charge is 0.223 e. The number of fused-ring (bicyclic) bond motifs is 1. The third kappa shape index (κ3) is 2.44. The largest absolute Gasteiger partial charge is 0.286 e. The van der Waals surface area contributed by atoms with Crippen molar-refractivity contribution in [1.82, 2.24) is 9.78 Å². The number of hydrogen-bond acceptors (Lipinski definition) is 1. The lowest BCUT2D eigenvalue weighted by atomic mass is 10.0. The molecule has 1 aromatic heterocycles. The number of hydrogen-bond donors (Lipinski definition) is 0. The monoisotopic (exact) mass is 310 g/mol. The Kier molecular flexibility index (Phi) is 3.17. The van der Waals surface area contributed by atoms with E-state index >= 15 is 0 Å². The van der Waals surface area contributed by atoms with Gasteiger partial charge in [0.15, 0.2) is 0 Å². The minimum atomic E-state index is -1.57. The lowest BCUT2D eigenvalue weighted by molar-refractivity contribution is 0.677. The standard InChI is InChI=1S/C14H9Cl3N2/c15-14(16,17)19-9-8-13(18-19)12-7-3-5-10-4-1-2-6-11(10)12/h1-9H. The molecule has 96 valence electrons. The Morgan fingerprint density at radius 1 is 0.895 bits per heavy atom. The number of nitrogens with zero attached hydrogens (tertiary/aromatic N) is 2. The summed E-state index contributed by atoms with van der Waals surface area (Å²) in [5.41, 5.74) is 1.80. The van der Waals surface area contributed by atoms with Gasteiger partial charge in [0.2, 0.25) is 0 Å². The van der Waals surface area contributed by atoms with Gasteiger partial charge in [-0.3, -0.25) is 0 Å². The van der Waals surface area contributed by atoms with Crippen LogP contribution in [0.5, 0.6) is 0 Å². The van der Waals surface area contributed by atoms with Gasteiger partial charge in [-0.25, -0.2) is 4.68 Å². The summed E-state index contributed by atoms with van der Waals surface area (Å²) in [4.78, 5) is 0. The number of aromatic nitrogens is 2. The highest BCUT2D eigenvalue weighted by molar-refractivity contribution is 6.64. The summed E-state index contributed by atoms with van der Waals surface area (Å²) >= 11 is 17.4. The van der Waals surface area contributed by atoms with Gasteiger partial charge in [-0.2, -0.15) is 5.10 Å². The van der Waals surface area contributed by atoms with Gasteiger partial charge in [0.25, 0.3) is 3.92 Å². The van der Waals surface area contributed by atoms with Crippen LogP contribution in [0, 0.1) is 0 Å². The summed E-state index contributed by atoms with van der Waals surface area (Å²) in [5, 5.41) is 6.60. The van der Waals surface area contributed by atoms with E-state index in [-0.39, 0.29) is 0 Å². The molecule has 5 heteroatoms. The molecule has 0 atom stereocenters. The normalized spacial score (nSPS) is 11.9. The van der Waals surface area contributed by atoms with E-state index in [0.29, 0.717) is 0 Å². The summed E-state index contributed by atoms with van der Waals surface area (Å²) in [6.45, 7) is 0. The van der Waals surface area contributed by atoms with E-state index in [1.165, 1.54) is 4.68 Å². The van der Waals surface area contributed by atoms with Gasteiger partial charge in [-0.05, 0) is 16.8 Å². The van der Waals surface area contributed by atoms with Crippen LogP contribution in [0.25, 0.3) is 22.0 Å². The second-order valence-corrected chi connectivity index (χ2v) is 6.36. The van der Waals surface area contributed by atoms with Gasteiger partial charge >= 0.3 is 0 Å². The minimum absolute atomic E-state index is 0.781. The lowest BCUT2D eigenvalue weighted by Crippen LogP contribution is -2.12. The molecule has 3 rings (SSSR count). The van der Waals surface area contributed by atoms with E-state index < -0.39 is 3.92 Å². The fraction of sp³-hybridized carbons (Fsp3) is 0.0714. The second-order valence-electron chi connectivity index (χ2n) is 4.14. The molecule has 0 N–H and O–H groups in total. The van der Waals surface area contributed by atoms with Crippen LogP contribution in [0.1, 0.15) is 0 Å². The first-order valence-electron chi connectivity index (χ1n) is 5.67. The molecule has 1 heterocycles. The van der Waals surface area contributed by atoms with Crippen molar-refractivity contribution in [3.8, 4) is 11.3 Å². The third-order valence-corrected chi connectivity index (χ3v) is 3.43. The van der Waals surface area contributed by atoms with Crippen molar-refractivity contribution in [1.29, 1.82) is 0 Å². The Balaban J connectivity index is 2.17. The third-order valence-electron chi connectivity index (χ3n) is 2.91. The summed E-state index contributed by atoms with van der Waals surface area (Å²) in [6.07, 6.45) is 1.66. The Morgan fingerprint density at radius 3 is 2.37 bits per heavy atom. The molecule has 0 aliphatic heterocycles. The highest BCUT2D eigenvalue weighted by Gasteiger charge is 2.23. The molecule has 0 fully saturated rings. The molecular weight excluding hydrogens is 303 g/mol. The fourth-order valence-electron chi connectivity index (χ4n) is 2.06. The number of benzene rings is 2. The Hall–Kier alpha value is -1.22. The summed E-state index contributed by atoms with van der Waals surface area (Å²) in [6, 6.07) is 16.0. The van der Waals surface area contributed by atoms with Crippen molar-refractivity contribution >= 4 is 45.6 Å². The quantitative estimate of drug-likeness (QED) is 0.579. The fourth-order valence-corrected chi connectivity index (χ4v) is 2.34. The van der Waals surface area contributed by atoms with E-state index in [1.807, 2.05) is 30.3 Å². The van der Waals surface area contributed by atoms with Gasteiger partial charge in [0.05, 0.1) is 5.69 Å². The average Bonchev–Trinajstić information content (AvgIpc) is 2.87. The lowest BCUT2D eigenvalue weighted by Gasteiger charge is -2.10. The zero-order chi connectivity index (χ0) is 13.5. The molecule has 19 heavy (non-hydrogen) atoms. The molecule has 0 spiro atoms. The molecule has 0 aliphatic rings. The van der Waals surface area contributed by atoms with Crippen LogP contribution in [0.4, 0.5) is 0 Å². The Labute approximate surface area is 125 Å². The molecule has 3 aromatic rings. The molecule has 0 saturated carbocycles. The van der Waals surface area contributed by atoms with Crippen molar-refractivity contribution in [2.45, 2.75) is 3.92 Å². The van der Waals surface area contributed by atoms with Crippen LogP contribution in [0.15, 0.2) is 54.7 Å². The molecule has 0 unspecified atom stereocenters. The maximum atomic E-state index is 5.81. The van der Waals surface area contributed by atoms with Crippen LogP contribution in [-0.2, 0) is 3.92 Å². The molecule has 0 radical (unpaired) electrons. The zero-order valence-electron chi connectivity index (χ0n) is 9.72. The summed E-state index contributed by atoms with van der Waals surface area (Å²) in [7, 11) is 0. The second kappa shape index (κ2) is 4.71. The maximum absolute atomic E-state index is 5.81. The van der Waals surface area contributed by atoms with Crippen molar-refractivity contribution in [2.24, 2.45) is 0 Å². The van der Waals surface area contributed by atoms with Crippen molar-refractivity contribution in [3.05, 3.63) is 54.7 Å². The van der Waals surface area contributed by atoms with Gasteiger partial charge in [-0.1, -0.05) is 77.3 Å². The predicted octanol–water partition coefficient (Wildman–Crippen LogP) is 4.99. The first-order chi connectivity index (χ1) is 9.05. The van der Waals surface area contributed by atoms with E-state index in [9.17, 15) is 0 Å². The van der Waals surface area contributed by atoms with E-state index in [4.69, 9.17) is 34.8 Å². The van der Waals surface area contributed by atoms with Crippen LogP contribution in [0.3, 0.4) is 0 Å². The maximum Gasteiger partial charge on any atom is 0.286 e. The molecular formula is C14H9Cl3N2. The summed E-state index contributed by atoms with van der Waals surface area (Å²) in [5.74, 6) is 0. The molecule has 2 nitrogen and oxygen atoms in total. The van der Waals surface area contributed by atoms with Crippen LogP contribution in [0.2, 0.25) is 0 Å². The minimum Gasteiger partial charge on any atom is -0.223 e. The Bertz CT molecular complexity index is 723. The number of alkyl halides is 3. The van der Waals surface area contributed by atoms with E-state index in [2.05, 4.69) is 23.3 Å². The molecule has 0 saturated heterocycles. The average molecular weight is 312 g/mol. The molecule has 2 aromatic carbocycles. The van der Waals surface area contributed by atoms with Crippen LogP contribution < -0.4 is 0 Å². The molecule has 0 aliphatic carbocycles. The first kappa shape index (κ1) is 12.8. The van der Waals surface area contributed by atoms with E-state index in [0.717, 1.165) is 22.0 Å². The van der Waals surface area contributed by atoms with Gasteiger partial charge in [0.1, 0.15) is 0 Å². The van der Waals surface area contributed by atoms with Crippen molar-refractivity contribution in [3.63, 3.8) is 0 Å². The molecule has 0 amide bonds. The van der Waals surface area contributed by atoms with Gasteiger partial charge in [-0.15, -0.1) is 0 Å². The predicted molar refractivity (Wildman–Crippen MR) is 80.7 cm³/mol.